The highest BCUT2D eigenvalue weighted by atomic mass is 16.3. The lowest BCUT2D eigenvalue weighted by Gasteiger charge is -2.09. The Morgan fingerprint density at radius 1 is 1.31 bits per heavy atom. The zero-order valence-corrected chi connectivity index (χ0v) is 9.64. The number of hydrogen-bond acceptors (Lipinski definition) is 2. The number of aryl methyl sites for hydroxylation is 1. The first-order chi connectivity index (χ1) is 7.74. The van der Waals surface area contributed by atoms with E-state index >= 15 is 0 Å². The average molecular weight is 216 g/mol. The van der Waals surface area contributed by atoms with Gasteiger partial charge < -0.3 is 5.11 Å². The van der Waals surface area contributed by atoms with Gasteiger partial charge in [0.1, 0.15) is 0 Å². The Labute approximate surface area is 95.3 Å². The lowest BCUT2D eigenvalue weighted by molar-refractivity contribution is 0.466. The van der Waals surface area contributed by atoms with Crippen LogP contribution in [0.4, 0.5) is 0 Å². The van der Waals surface area contributed by atoms with Gasteiger partial charge in [0.15, 0.2) is 5.75 Å². The van der Waals surface area contributed by atoms with Crippen LogP contribution < -0.4 is 0 Å². The summed E-state index contributed by atoms with van der Waals surface area (Å²) in [5.41, 5.74) is 3.08. The van der Waals surface area contributed by atoms with Gasteiger partial charge >= 0.3 is 0 Å². The van der Waals surface area contributed by atoms with E-state index < -0.39 is 0 Å². The minimum Gasteiger partial charge on any atom is -0.504 e. The topological polar surface area (TPSA) is 38.1 Å². The summed E-state index contributed by atoms with van der Waals surface area (Å²) < 4.78 is 1.83. The zero-order valence-electron chi connectivity index (χ0n) is 9.64. The van der Waals surface area contributed by atoms with Crippen LogP contribution >= 0.6 is 0 Å². The van der Waals surface area contributed by atoms with Gasteiger partial charge in [0.25, 0.3) is 0 Å². The fourth-order valence-corrected chi connectivity index (χ4v) is 1.84. The molecular formula is C13H16N2O. The van der Waals surface area contributed by atoms with E-state index in [1.807, 2.05) is 35.9 Å². The van der Waals surface area contributed by atoms with Crippen LogP contribution in [0.15, 0.2) is 30.5 Å². The highest BCUT2D eigenvalue weighted by Gasteiger charge is 2.11. The summed E-state index contributed by atoms with van der Waals surface area (Å²) in [5.74, 6) is 0.283. The van der Waals surface area contributed by atoms with E-state index in [2.05, 4.69) is 12.0 Å². The highest BCUT2D eigenvalue weighted by molar-refractivity contribution is 5.42. The van der Waals surface area contributed by atoms with E-state index in [1.165, 1.54) is 6.20 Å². The van der Waals surface area contributed by atoms with Crippen LogP contribution in [-0.2, 0) is 6.42 Å². The Balaban J connectivity index is 2.52. The Hall–Kier alpha value is -1.77. The first-order valence-corrected chi connectivity index (χ1v) is 5.56. The molecule has 3 nitrogen and oxygen atoms in total. The minimum atomic E-state index is 0.283. The molecule has 0 radical (unpaired) electrons. The molecule has 0 atom stereocenters. The van der Waals surface area contributed by atoms with Crippen LogP contribution in [0.1, 0.15) is 24.6 Å². The summed E-state index contributed by atoms with van der Waals surface area (Å²) in [6.45, 7) is 4.14. The summed E-state index contributed by atoms with van der Waals surface area (Å²) in [6, 6.07) is 8.04. The molecule has 84 valence electrons. The smallest absolute Gasteiger partial charge is 0.157 e. The molecule has 1 aromatic carbocycles. The van der Waals surface area contributed by atoms with Gasteiger partial charge in [0, 0.05) is 0 Å². The maximum Gasteiger partial charge on any atom is 0.157 e. The number of aromatic hydroxyl groups is 1. The SMILES string of the molecule is CCCc1c(O)cnn1-c1ccccc1C. The fourth-order valence-electron chi connectivity index (χ4n) is 1.84. The molecule has 16 heavy (non-hydrogen) atoms. The minimum absolute atomic E-state index is 0.283. The molecule has 0 aliphatic rings. The first-order valence-electron chi connectivity index (χ1n) is 5.56. The second-order valence-electron chi connectivity index (χ2n) is 3.92. The zero-order chi connectivity index (χ0) is 11.5. The van der Waals surface area contributed by atoms with Crippen molar-refractivity contribution in [3.63, 3.8) is 0 Å². The molecule has 0 spiro atoms. The molecule has 3 heteroatoms. The Kier molecular flexibility index (Phi) is 2.95. The van der Waals surface area contributed by atoms with Crippen molar-refractivity contribution in [1.82, 2.24) is 9.78 Å². The average Bonchev–Trinajstić information content (AvgIpc) is 2.62. The number of hydrogen-bond donors (Lipinski definition) is 1. The number of benzene rings is 1. The molecule has 0 aliphatic carbocycles. The van der Waals surface area contributed by atoms with E-state index in [9.17, 15) is 5.11 Å². The number of nitrogens with zero attached hydrogens (tertiary/aromatic N) is 2. The Bertz CT molecular complexity index is 488. The van der Waals surface area contributed by atoms with Crippen molar-refractivity contribution < 1.29 is 5.11 Å². The van der Waals surface area contributed by atoms with Crippen LogP contribution in [0.2, 0.25) is 0 Å². The lowest BCUT2D eigenvalue weighted by atomic mass is 10.2. The summed E-state index contributed by atoms with van der Waals surface area (Å²) >= 11 is 0. The molecule has 0 saturated heterocycles. The largest absolute Gasteiger partial charge is 0.504 e. The molecule has 0 unspecified atom stereocenters. The maximum atomic E-state index is 9.73. The van der Waals surface area contributed by atoms with Crippen LogP contribution in [0.5, 0.6) is 5.75 Å². The molecule has 2 aromatic rings. The molecule has 0 aliphatic heterocycles. The monoisotopic (exact) mass is 216 g/mol. The van der Waals surface area contributed by atoms with Gasteiger partial charge in [-0.25, -0.2) is 4.68 Å². The maximum absolute atomic E-state index is 9.73. The molecule has 0 amide bonds. The van der Waals surface area contributed by atoms with E-state index in [1.54, 1.807) is 0 Å². The molecule has 1 aromatic heterocycles. The Morgan fingerprint density at radius 3 is 2.75 bits per heavy atom. The van der Waals surface area contributed by atoms with Gasteiger partial charge in [-0.2, -0.15) is 5.10 Å². The van der Waals surface area contributed by atoms with E-state index in [0.717, 1.165) is 29.8 Å². The molecule has 1 heterocycles. The van der Waals surface area contributed by atoms with E-state index in [4.69, 9.17) is 0 Å². The van der Waals surface area contributed by atoms with Gasteiger partial charge in [-0.15, -0.1) is 0 Å². The van der Waals surface area contributed by atoms with Crippen molar-refractivity contribution in [1.29, 1.82) is 0 Å². The molecular weight excluding hydrogens is 200 g/mol. The lowest BCUT2D eigenvalue weighted by Crippen LogP contribution is -2.03. The van der Waals surface area contributed by atoms with Crippen LogP contribution in [0.25, 0.3) is 5.69 Å². The van der Waals surface area contributed by atoms with Crippen molar-refractivity contribution in [3.8, 4) is 11.4 Å². The second-order valence-corrected chi connectivity index (χ2v) is 3.92. The van der Waals surface area contributed by atoms with Crippen molar-refractivity contribution in [2.75, 3.05) is 0 Å². The predicted molar refractivity (Wildman–Crippen MR) is 64.0 cm³/mol. The van der Waals surface area contributed by atoms with Crippen LogP contribution in [0.3, 0.4) is 0 Å². The van der Waals surface area contributed by atoms with Gasteiger partial charge in [-0.05, 0) is 25.0 Å². The van der Waals surface area contributed by atoms with Gasteiger partial charge in [0.2, 0.25) is 0 Å². The number of aromatic nitrogens is 2. The molecule has 0 bridgehead atoms. The standard InChI is InChI=1S/C13H16N2O/c1-3-6-12-13(16)9-14-15(12)11-8-5-4-7-10(11)2/h4-5,7-9,16H,3,6H2,1-2H3. The van der Waals surface area contributed by atoms with Crippen molar-refractivity contribution >= 4 is 0 Å². The summed E-state index contributed by atoms with van der Waals surface area (Å²) in [7, 11) is 0. The fraction of sp³-hybridized carbons (Fsp3) is 0.308. The third-order valence-electron chi connectivity index (χ3n) is 2.68. The summed E-state index contributed by atoms with van der Waals surface area (Å²) in [6.07, 6.45) is 3.34. The Morgan fingerprint density at radius 2 is 2.06 bits per heavy atom. The highest BCUT2D eigenvalue weighted by Crippen LogP contribution is 2.23. The molecule has 1 N–H and O–H groups in total. The second kappa shape index (κ2) is 4.39. The van der Waals surface area contributed by atoms with Crippen LogP contribution in [0, 0.1) is 6.92 Å². The summed E-state index contributed by atoms with van der Waals surface area (Å²) in [4.78, 5) is 0. The predicted octanol–water partition coefficient (Wildman–Crippen LogP) is 2.84. The number of rotatable bonds is 3. The van der Waals surface area contributed by atoms with E-state index in [0.29, 0.717) is 0 Å². The van der Waals surface area contributed by atoms with Crippen LogP contribution in [-0.4, -0.2) is 14.9 Å². The van der Waals surface area contributed by atoms with Gasteiger partial charge in [-0.3, -0.25) is 0 Å². The van der Waals surface area contributed by atoms with Crippen molar-refractivity contribution in [2.24, 2.45) is 0 Å². The van der Waals surface area contributed by atoms with Crippen molar-refractivity contribution in [3.05, 3.63) is 41.7 Å². The quantitative estimate of drug-likeness (QED) is 0.856. The normalized spacial score (nSPS) is 10.6. The molecule has 0 fully saturated rings. The number of para-hydroxylation sites is 1. The van der Waals surface area contributed by atoms with Gasteiger partial charge in [-0.1, -0.05) is 31.5 Å². The third-order valence-corrected chi connectivity index (χ3v) is 2.68. The van der Waals surface area contributed by atoms with Gasteiger partial charge in [0.05, 0.1) is 17.6 Å². The third kappa shape index (κ3) is 1.81. The van der Waals surface area contributed by atoms with E-state index in [-0.39, 0.29) is 5.75 Å². The van der Waals surface area contributed by atoms with Crippen molar-refractivity contribution in [2.45, 2.75) is 26.7 Å². The molecule has 0 saturated carbocycles. The first kappa shape index (κ1) is 10.7. The molecule has 2 rings (SSSR count). The summed E-state index contributed by atoms with van der Waals surface area (Å²) in [5, 5.41) is 14.0.